The SMILES string of the molecule is CCCn1cc(-c2cccc(C(=O)O)c2)cn1. The Morgan fingerprint density at radius 2 is 2.24 bits per heavy atom. The van der Waals surface area contributed by atoms with E-state index in [1.807, 2.05) is 16.9 Å². The van der Waals surface area contributed by atoms with Gasteiger partial charge in [-0.1, -0.05) is 19.1 Å². The molecule has 2 aromatic rings. The summed E-state index contributed by atoms with van der Waals surface area (Å²) in [7, 11) is 0. The fourth-order valence-electron chi connectivity index (χ4n) is 1.70. The lowest BCUT2D eigenvalue weighted by Crippen LogP contribution is -1.96. The van der Waals surface area contributed by atoms with Crippen LogP contribution in [0.5, 0.6) is 0 Å². The summed E-state index contributed by atoms with van der Waals surface area (Å²) in [5.41, 5.74) is 2.12. The van der Waals surface area contributed by atoms with Crippen LogP contribution >= 0.6 is 0 Å². The maximum Gasteiger partial charge on any atom is 0.335 e. The summed E-state index contributed by atoms with van der Waals surface area (Å²) in [6.45, 7) is 2.96. The van der Waals surface area contributed by atoms with Crippen LogP contribution in [-0.2, 0) is 6.54 Å². The Labute approximate surface area is 99.5 Å². The van der Waals surface area contributed by atoms with Gasteiger partial charge in [0.15, 0.2) is 0 Å². The quantitative estimate of drug-likeness (QED) is 0.878. The number of benzene rings is 1. The minimum absolute atomic E-state index is 0.297. The van der Waals surface area contributed by atoms with Gasteiger partial charge in [0.05, 0.1) is 11.8 Å². The summed E-state index contributed by atoms with van der Waals surface area (Å²) in [6, 6.07) is 6.88. The Hall–Kier alpha value is -2.10. The summed E-state index contributed by atoms with van der Waals surface area (Å²) in [6.07, 6.45) is 4.72. The lowest BCUT2D eigenvalue weighted by atomic mass is 10.1. The van der Waals surface area contributed by atoms with Gasteiger partial charge in [0.2, 0.25) is 0 Å². The molecule has 2 rings (SSSR count). The normalized spacial score (nSPS) is 10.4. The molecular weight excluding hydrogens is 216 g/mol. The van der Waals surface area contributed by atoms with E-state index < -0.39 is 5.97 Å². The van der Waals surface area contributed by atoms with Crippen molar-refractivity contribution in [3.05, 3.63) is 42.2 Å². The first-order chi connectivity index (χ1) is 8.20. The third-order valence-electron chi connectivity index (χ3n) is 2.53. The van der Waals surface area contributed by atoms with Crippen LogP contribution in [0.1, 0.15) is 23.7 Å². The Morgan fingerprint density at radius 3 is 2.94 bits per heavy atom. The van der Waals surface area contributed by atoms with Crippen molar-refractivity contribution in [3.8, 4) is 11.1 Å². The zero-order valence-corrected chi connectivity index (χ0v) is 9.63. The highest BCUT2D eigenvalue weighted by molar-refractivity contribution is 5.89. The molecule has 0 saturated carbocycles. The van der Waals surface area contributed by atoms with E-state index in [0.29, 0.717) is 5.56 Å². The standard InChI is InChI=1S/C13H14N2O2/c1-2-6-15-9-12(8-14-15)10-4-3-5-11(7-10)13(16)17/h3-5,7-9H,2,6H2,1H3,(H,16,17). The zero-order chi connectivity index (χ0) is 12.3. The van der Waals surface area contributed by atoms with E-state index >= 15 is 0 Å². The Morgan fingerprint density at radius 1 is 1.41 bits per heavy atom. The number of carboxylic acids is 1. The fraction of sp³-hybridized carbons (Fsp3) is 0.231. The number of hydrogen-bond donors (Lipinski definition) is 1. The second kappa shape index (κ2) is 4.82. The number of carboxylic acid groups (broad SMARTS) is 1. The molecule has 0 spiro atoms. The van der Waals surface area contributed by atoms with Gasteiger partial charge in [-0.15, -0.1) is 0 Å². The Bertz CT molecular complexity index is 532. The van der Waals surface area contributed by atoms with Gasteiger partial charge in [-0.2, -0.15) is 5.10 Å². The molecule has 0 unspecified atom stereocenters. The van der Waals surface area contributed by atoms with Gasteiger partial charge in [-0.05, 0) is 24.1 Å². The topological polar surface area (TPSA) is 55.1 Å². The minimum Gasteiger partial charge on any atom is -0.478 e. The number of aryl methyl sites for hydroxylation is 1. The average molecular weight is 230 g/mol. The van der Waals surface area contributed by atoms with Crippen molar-refractivity contribution >= 4 is 5.97 Å². The van der Waals surface area contributed by atoms with Crippen LogP contribution in [0.3, 0.4) is 0 Å². The van der Waals surface area contributed by atoms with Crippen molar-refractivity contribution in [2.45, 2.75) is 19.9 Å². The monoisotopic (exact) mass is 230 g/mol. The summed E-state index contributed by atoms with van der Waals surface area (Å²) in [5.74, 6) is -0.909. The molecule has 88 valence electrons. The molecule has 0 bridgehead atoms. The van der Waals surface area contributed by atoms with Crippen molar-refractivity contribution in [2.24, 2.45) is 0 Å². The molecule has 17 heavy (non-hydrogen) atoms. The van der Waals surface area contributed by atoms with Crippen LogP contribution in [0.15, 0.2) is 36.7 Å². The van der Waals surface area contributed by atoms with Crippen molar-refractivity contribution in [2.75, 3.05) is 0 Å². The van der Waals surface area contributed by atoms with E-state index in [-0.39, 0.29) is 0 Å². The molecule has 0 amide bonds. The van der Waals surface area contributed by atoms with Crippen LogP contribution in [0, 0.1) is 0 Å². The van der Waals surface area contributed by atoms with E-state index in [0.717, 1.165) is 24.1 Å². The minimum atomic E-state index is -0.909. The van der Waals surface area contributed by atoms with Crippen LogP contribution in [0.2, 0.25) is 0 Å². The molecule has 1 heterocycles. The van der Waals surface area contributed by atoms with E-state index in [2.05, 4.69) is 12.0 Å². The molecule has 1 N–H and O–H groups in total. The number of aromatic carboxylic acids is 1. The first-order valence-corrected chi connectivity index (χ1v) is 5.57. The molecular formula is C13H14N2O2. The van der Waals surface area contributed by atoms with Crippen LogP contribution in [0.4, 0.5) is 0 Å². The summed E-state index contributed by atoms with van der Waals surface area (Å²) in [4.78, 5) is 10.9. The van der Waals surface area contributed by atoms with Crippen LogP contribution < -0.4 is 0 Å². The predicted octanol–water partition coefficient (Wildman–Crippen LogP) is 2.66. The molecule has 0 aliphatic rings. The Balaban J connectivity index is 2.32. The van der Waals surface area contributed by atoms with Crippen molar-refractivity contribution in [3.63, 3.8) is 0 Å². The molecule has 0 aliphatic carbocycles. The van der Waals surface area contributed by atoms with E-state index in [4.69, 9.17) is 5.11 Å². The van der Waals surface area contributed by atoms with Gasteiger partial charge < -0.3 is 5.11 Å². The van der Waals surface area contributed by atoms with E-state index in [1.54, 1.807) is 24.4 Å². The zero-order valence-electron chi connectivity index (χ0n) is 9.63. The molecule has 1 aromatic heterocycles. The van der Waals surface area contributed by atoms with E-state index in [1.165, 1.54) is 0 Å². The molecule has 4 nitrogen and oxygen atoms in total. The van der Waals surface area contributed by atoms with Crippen molar-refractivity contribution in [1.29, 1.82) is 0 Å². The van der Waals surface area contributed by atoms with Crippen molar-refractivity contribution in [1.82, 2.24) is 9.78 Å². The molecule has 0 saturated heterocycles. The summed E-state index contributed by atoms with van der Waals surface area (Å²) in [5, 5.41) is 13.2. The van der Waals surface area contributed by atoms with Gasteiger partial charge in [-0.25, -0.2) is 4.79 Å². The smallest absolute Gasteiger partial charge is 0.335 e. The number of hydrogen-bond acceptors (Lipinski definition) is 2. The van der Waals surface area contributed by atoms with Gasteiger partial charge >= 0.3 is 5.97 Å². The highest BCUT2D eigenvalue weighted by Gasteiger charge is 2.06. The summed E-state index contributed by atoms with van der Waals surface area (Å²) >= 11 is 0. The van der Waals surface area contributed by atoms with Gasteiger partial charge in [-0.3, -0.25) is 4.68 Å². The maximum atomic E-state index is 10.9. The molecule has 0 radical (unpaired) electrons. The maximum absolute atomic E-state index is 10.9. The molecule has 0 aliphatic heterocycles. The van der Waals surface area contributed by atoms with Gasteiger partial charge in [0.25, 0.3) is 0 Å². The van der Waals surface area contributed by atoms with Crippen molar-refractivity contribution < 1.29 is 9.90 Å². The molecule has 0 atom stereocenters. The molecule has 0 fully saturated rings. The van der Waals surface area contributed by atoms with E-state index in [9.17, 15) is 4.79 Å². The number of aromatic nitrogens is 2. The first kappa shape index (κ1) is 11.4. The second-order valence-corrected chi connectivity index (χ2v) is 3.88. The summed E-state index contributed by atoms with van der Waals surface area (Å²) < 4.78 is 1.86. The predicted molar refractivity (Wildman–Crippen MR) is 64.9 cm³/mol. The highest BCUT2D eigenvalue weighted by atomic mass is 16.4. The third kappa shape index (κ3) is 2.53. The highest BCUT2D eigenvalue weighted by Crippen LogP contribution is 2.19. The van der Waals surface area contributed by atoms with Gasteiger partial charge in [0, 0.05) is 18.3 Å². The second-order valence-electron chi connectivity index (χ2n) is 3.88. The largest absolute Gasteiger partial charge is 0.478 e. The first-order valence-electron chi connectivity index (χ1n) is 5.57. The molecule has 4 heteroatoms. The van der Waals surface area contributed by atoms with Crippen LogP contribution in [0.25, 0.3) is 11.1 Å². The van der Waals surface area contributed by atoms with Crippen LogP contribution in [-0.4, -0.2) is 20.9 Å². The third-order valence-corrected chi connectivity index (χ3v) is 2.53. The average Bonchev–Trinajstić information content (AvgIpc) is 2.78. The Kier molecular flexibility index (Phi) is 3.23. The number of nitrogens with zero attached hydrogens (tertiary/aromatic N) is 2. The van der Waals surface area contributed by atoms with Gasteiger partial charge in [0.1, 0.15) is 0 Å². The fourth-order valence-corrected chi connectivity index (χ4v) is 1.70. The number of rotatable bonds is 4. The molecule has 1 aromatic carbocycles. The lowest BCUT2D eigenvalue weighted by Gasteiger charge is -1.99. The lowest BCUT2D eigenvalue weighted by molar-refractivity contribution is 0.0697. The number of carbonyl (C=O) groups is 1.